The van der Waals surface area contributed by atoms with Crippen molar-refractivity contribution in [3.63, 3.8) is 0 Å². The lowest BCUT2D eigenvalue weighted by Gasteiger charge is -2.33. The maximum absolute atomic E-state index is 12.4. The van der Waals surface area contributed by atoms with Crippen LogP contribution in [0.1, 0.15) is 48.7 Å². The Kier molecular flexibility index (Phi) is 5.64. The Morgan fingerprint density at radius 1 is 1.20 bits per heavy atom. The number of carbonyl (C=O) groups excluding carboxylic acids is 1. The Labute approximate surface area is 155 Å². The molecule has 1 aliphatic heterocycles. The molecular weight excluding hydrogens is 332 g/mol. The zero-order chi connectivity index (χ0) is 17.8. The van der Waals surface area contributed by atoms with Crippen LogP contribution in [0.2, 0.25) is 5.02 Å². The van der Waals surface area contributed by atoms with E-state index >= 15 is 0 Å². The average Bonchev–Trinajstić information content (AvgIpc) is 2.62. The monoisotopic (exact) mass is 356 g/mol. The van der Waals surface area contributed by atoms with Crippen molar-refractivity contribution in [3.8, 4) is 0 Å². The molecule has 2 atom stereocenters. The van der Waals surface area contributed by atoms with Gasteiger partial charge in [0.25, 0.3) is 5.91 Å². The second kappa shape index (κ2) is 7.92. The van der Waals surface area contributed by atoms with Crippen LogP contribution in [-0.2, 0) is 0 Å². The van der Waals surface area contributed by atoms with Crippen molar-refractivity contribution >= 4 is 23.2 Å². The van der Waals surface area contributed by atoms with E-state index in [1.54, 1.807) is 12.1 Å². The van der Waals surface area contributed by atoms with Gasteiger partial charge in [-0.15, -0.1) is 0 Å². The van der Waals surface area contributed by atoms with Gasteiger partial charge < -0.3 is 10.2 Å². The highest BCUT2D eigenvalue weighted by Gasteiger charge is 2.17. The Morgan fingerprint density at radius 2 is 1.92 bits per heavy atom. The molecule has 3 rings (SSSR count). The predicted octanol–water partition coefficient (Wildman–Crippen LogP) is 5.07. The summed E-state index contributed by atoms with van der Waals surface area (Å²) in [4.78, 5) is 14.8. The molecule has 2 aromatic carbocycles. The standard InChI is InChI=1S/C21H25ClN2O/c1-15-6-5-13-24(14-15)18-11-9-17(10-12-18)16(2)23-21(25)19-7-3-4-8-20(19)22/h3-4,7-12,15-16H,5-6,13-14H2,1-2H3,(H,23,25)/t15-,16-/m1/s1. The molecular formula is C21H25ClN2O. The van der Waals surface area contributed by atoms with Gasteiger partial charge in [-0.3, -0.25) is 4.79 Å². The molecule has 0 bridgehead atoms. The van der Waals surface area contributed by atoms with Crippen LogP contribution < -0.4 is 10.2 Å². The van der Waals surface area contributed by atoms with Crippen LogP contribution in [0.3, 0.4) is 0 Å². The maximum Gasteiger partial charge on any atom is 0.253 e. The number of nitrogens with one attached hydrogen (secondary N) is 1. The van der Waals surface area contributed by atoms with Crippen LogP contribution in [0.25, 0.3) is 0 Å². The molecule has 1 saturated heterocycles. The number of anilines is 1. The minimum absolute atomic E-state index is 0.0712. The van der Waals surface area contributed by atoms with Crippen LogP contribution in [-0.4, -0.2) is 19.0 Å². The van der Waals surface area contributed by atoms with E-state index in [1.807, 2.05) is 19.1 Å². The van der Waals surface area contributed by atoms with E-state index in [9.17, 15) is 4.79 Å². The van der Waals surface area contributed by atoms with Crippen LogP contribution in [0.5, 0.6) is 0 Å². The van der Waals surface area contributed by atoms with Gasteiger partial charge in [0.2, 0.25) is 0 Å². The van der Waals surface area contributed by atoms with E-state index < -0.39 is 0 Å². The van der Waals surface area contributed by atoms with Gasteiger partial charge in [-0.2, -0.15) is 0 Å². The molecule has 3 nitrogen and oxygen atoms in total. The van der Waals surface area contributed by atoms with Crippen LogP contribution in [0.15, 0.2) is 48.5 Å². The molecule has 2 aromatic rings. The predicted molar refractivity (Wildman–Crippen MR) is 104 cm³/mol. The average molecular weight is 357 g/mol. The van der Waals surface area contributed by atoms with Crippen molar-refractivity contribution in [2.75, 3.05) is 18.0 Å². The molecule has 0 aliphatic carbocycles. The number of hydrogen-bond acceptors (Lipinski definition) is 2. The largest absolute Gasteiger partial charge is 0.371 e. The molecule has 1 heterocycles. The first-order valence-electron chi connectivity index (χ1n) is 8.95. The summed E-state index contributed by atoms with van der Waals surface area (Å²) < 4.78 is 0. The van der Waals surface area contributed by atoms with Gasteiger partial charge in [0.15, 0.2) is 0 Å². The van der Waals surface area contributed by atoms with Gasteiger partial charge in [0.05, 0.1) is 16.6 Å². The Bertz CT molecular complexity index is 729. The van der Waals surface area contributed by atoms with E-state index in [-0.39, 0.29) is 11.9 Å². The van der Waals surface area contributed by atoms with Crippen LogP contribution >= 0.6 is 11.6 Å². The first-order valence-corrected chi connectivity index (χ1v) is 9.32. The molecule has 0 radical (unpaired) electrons. The number of halogens is 1. The van der Waals surface area contributed by atoms with Crippen molar-refractivity contribution < 1.29 is 4.79 Å². The first-order chi connectivity index (χ1) is 12.0. The van der Waals surface area contributed by atoms with E-state index in [2.05, 4.69) is 41.4 Å². The minimum Gasteiger partial charge on any atom is -0.371 e. The van der Waals surface area contributed by atoms with Crippen molar-refractivity contribution in [2.45, 2.75) is 32.7 Å². The Balaban J connectivity index is 1.65. The van der Waals surface area contributed by atoms with E-state index in [0.717, 1.165) is 24.6 Å². The highest BCUT2D eigenvalue weighted by atomic mass is 35.5. The SMILES string of the molecule is C[C@@H]1CCCN(c2ccc([C@@H](C)NC(=O)c3ccccc3Cl)cc2)C1. The zero-order valence-corrected chi connectivity index (χ0v) is 15.6. The van der Waals surface area contributed by atoms with Crippen LogP contribution in [0.4, 0.5) is 5.69 Å². The van der Waals surface area contributed by atoms with Crippen molar-refractivity contribution in [1.82, 2.24) is 5.32 Å². The third-order valence-electron chi connectivity index (χ3n) is 4.88. The summed E-state index contributed by atoms with van der Waals surface area (Å²) in [6, 6.07) is 15.6. The van der Waals surface area contributed by atoms with Gasteiger partial charge in [-0.05, 0) is 55.5 Å². The molecule has 1 N–H and O–H groups in total. The molecule has 1 amide bonds. The molecule has 0 saturated carbocycles. The summed E-state index contributed by atoms with van der Waals surface area (Å²) in [5.74, 6) is 0.606. The maximum atomic E-state index is 12.4. The lowest BCUT2D eigenvalue weighted by atomic mass is 9.99. The zero-order valence-electron chi connectivity index (χ0n) is 14.8. The molecule has 132 valence electrons. The molecule has 1 aliphatic rings. The van der Waals surface area contributed by atoms with Gasteiger partial charge in [-0.25, -0.2) is 0 Å². The fourth-order valence-electron chi connectivity index (χ4n) is 3.40. The van der Waals surface area contributed by atoms with Gasteiger partial charge >= 0.3 is 0 Å². The summed E-state index contributed by atoms with van der Waals surface area (Å²) in [5, 5.41) is 3.50. The Morgan fingerprint density at radius 3 is 2.60 bits per heavy atom. The minimum atomic E-state index is -0.146. The normalized spacial score (nSPS) is 18.7. The van der Waals surface area contributed by atoms with Gasteiger partial charge in [0, 0.05) is 18.8 Å². The summed E-state index contributed by atoms with van der Waals surface area (Å²) in [7, 11) is 0. The Hall–Kier alpha value is -2.00. The second-order valence-corrected chi connectivity index (χ2v) is 7.37. The van der Waals surface area contributed by atoms with E-state index in [4.69, 9.17) is 11.6 Å². The van der Waals surface area contributed by atoms with Crippen molar-refractivity contribution in [1.29, 1.82) is 0 Å². The number of nitrogens with zero attached hydrogens (tertiary/aromatic N) is 1. The molecule has 0 spiro atoms. The molecule has 0 unspecified atom stereocenters. The van der Waals surface area contributed by atoms with Crippen LogP contribution in [0, 0.1) is 5.92 Å². The topological polar surface area (TPSA) is 32.3 Å². The fraction of sp³-hybridized carbons (Fsp3) is 0.381. The third-order valence-corrected chi connectivity index (χ3v) is 5.21. The molecule has 4 heteroatoms. The fourth-order valence-corrected chi connectivity index (χ4v) is 3.62. The second-order valence-electron chi connectivity index (χ2n) is 6.96. The number of hydrogen-bond donors (Lipinski definition) is 1. The smallest absolute Gasteiger partial charge is 0.253 e. The van der Waals surface area contributed by atoms with E-state index in [1.165, 1.54) is 18.5 Å². The number of amides is 1. The van der Waals surface area contributed by atoms with Gasteiger partial charge in [0.1, 0.15) is 0 Å². The third kappa shape index (κ3) is 4.35. The lowest BCUT2D eigenvalue weighted by molar-refractivity contribution is 0.0940. The number of benzene rings is 2. The lowest BCUT2D eigenvalue weighted by Crippen LogP contribution is -2.34. The summed E-state index contributed by atoms with van der Waals surface area (Å²) in [6.07, 6.45) is 2.58. The number of rotatable bonds is 4. The molecule has 25 heavy (non-hydrogen) atoms. The van der Waals surface area contributed by atoms with Crippen molar-refractivity contribution in [3.05, 3.63) is 64.7 Å². The summed E-state index contributed by atoms with van der Waals surface area (Å²) >= 11 is 6.10. The highest BCUT2D eigenvalue weighted by Crippen LogP contribution is 2.25. The molecule has 1 fully saturated rings. The quantitative estimate of drug-likeness (QED) is 0.829. The number of carbonyl (C=O) groups is 1. The highest BCUT2D eigenvalue weighted by molar-refractivity contribution is 6.33. The summed E-state index contributed by atoms with van der Waals surface area (Å²) in [5.41, 5.74) is 2.86. The molecule has 0 aromatic heterocycles. The first kappa shape index (κ1) is 17.8. The van der Waals surface area contributed by atoms with Gasteiger partial charge in [-0.1, -0.05) is 42.8 Å². The number of piperidine rings is 1. The summed E-state index contributed by atoms with van der Waals surface area (Å²) in [6.45, 7) is 6.56. The van der Waals surface area contributed by atoms with Crippen molar-refractivity contribution in [2.24, 2.45) is 5.92 Å². The van der Waals surface area contributed by atoms with E-state index in [0.29, 0.717) is 10.6 Å².